The van der Waals surface area contributed by atoms with Gasteiger partial charge in [0, 0.05) is 60.8 Å². The summed E-state index contributed by atoms with van der Waals surface area (Å²) in [6.07, 6.45) is 14.2. The van der Waals surface area contributed by atoms with Crippen molar-refractivity contribution in [2.75, 3.05) is 32.7 Å². The summed E-state index contributed by atoms with van der Waals surface area (Å²) in [7, 11) is 0. The first-order valence-corrected chi connectivity index (χ1v) is 11.8. The molecular weight excluding hydrogens is 457 g/mol. The second kappa shape index (κ2) is 9.65. The molecule has 0 aromatic heterocycles. The number of halogens is 2. The average molecular weight is 484 g/mol. The van der Waals surface area contributed by atoms with Crippen molar-refractivity contribution in [3.63, 3.8) is 0 Å². The maximum Gasteiger partial charge on any atom is 0.123 e. The van der Waals surface area contributed by atoms with Gasteiger partial charge in [-0.3, -0.25) is 15.6 Å². The molecule has 2 atom stereocenters. The summed E-state index contributed by atoms with van der Waals surface area (Å²) in [6.45, 7) is 4.15. The van der Waals surface area contributed by atoms with Crippen LogP contribution in [0.25, 0.3) is 5.70 Å². The third-order valence-corrected chi connectivity index (χ3v) is 6.71. The first-order valence-electron chi connectivity index (χ1n) is 11.1. The van der Waals surface area contributed by atoms with Gasteiger partial charge in [-0.25, -0.2) is 0 Å². The molecule has 0 amide bonds. The molecule has 0 aliphatic carbocycles. The van der Waals surface area contributed by atoms with Crippen LogP contribution in [0.1, 0.15) is 5.56 Å². The predicted octanol–water partition coefficient (Wildman–Crippen LogP) is 2.82. The van der Waals surface area contributed by atoms with Crippen LogP contribution in [0.3, 0.4) is 0 Å². The first kappa shape index (κ1) is 22.1. The topological polar surface area (TPSA) is 78.5 Å². The van der Waals surface area contributed by atoms with Gasteiger partial charge in [0.25, 0.3) is 0 Å². The monoisotopic (exact) mass is 483 g/mol. The van der Waals surface area contributed by atoms with Gasteiger partial charge in [0.1, 0.15) is 6.17 Å². The fourth-order valence-corrected chi connectivity index (χ4v) is 5.07. The lowest BCUT2D eigenvalue weighted by Gasteiger charge is -2.36. The molecule has 5 N–H and O–H groups in total. The summed E-state index contributed by atoms with van der Waals surface area (Å²) in [4.78, 5) is 4.70. The smallest absolute Gasteiger partial charge is 0.123 e. The van der Waals surface area contributed by atoms with Crippen molar-refractivity contribution in [3.05, 3.63) is 87.4 Å². The van der Waals surface area contributed by atoms with Crippen LogP contribution >= 0.6 is 23.2 Å². The van der Waals surface area contributed by atoms with Crippen LogP contribution in [0.4, 0.5) is 0 Å². The molecule has 1 aromatic rings. The third kappa shape index (κ3) is 4.68. The van der Waals surface area contributed by atoms with E-state index >= 15 is 0 Å². The van der Waals surface area contributed by atoms with Crippen LogP contribution in [0.5, 0.6) is 0 Å². The molecule has 2 unspecified atom stereocenters. The fourth-order valence-electron chi connectivity index (χ4n) is 4.57. The van der Waals surface area contributed by atoms with Crippen LogP contribution in [0, 0.1) is 5.41 Å². The van der Waals surface area contributed by atoms with E-state index in [-0.39, 0.29) is 12.3 Å². The minimum atomic E-state index is 0.0173. The van der Waals surface area contributed by atoms with Crippen LogP contribution in [0.15, 0.2) is 71.7 Å². The summed E-state index contributed by atoms with van der Waals surface area (Å²) >= 11 is 12.8. The maximum atomic E-state index is 7.38. The van der Waals surface area contributed by atoms with Gasteiger partial charge in [-0.1, -0.05) is 41.4 Å². The summed E-state index contributed by atoms with van der Waals surface area (Å²) < 4.78 is 0. The number of nitrogens with zero attached hydrogens (tertiary/aromatic N) is 2. The normalized spacial score (nSPS) is 24.6. The van der Waals surface area contributed by atoms with Crippen LogP contribution < -0.4 is 21.3 Å². The molecule has 9 heteroatoms. The molecule has 172 valence electrons. The maximum absolute atomic E-state index is 7.38. The lowest BCUT2D eigenvalue weighted by molar-refractivity contribution is 0.195. The molecule has 5 rings (SSSR count). The zero-order chi connectivity index (χ0) is 22.8. The highest BCUT2D eigenvalue weighted by molar-refractivity contribution is 6.35. The molecule has 7 nitrogen and oxygen atoms in total. The van der Waals surface area contributed by atoms with Crippen molar-refractivity contribution < 1.29 is 0 Å². The molecule has 4 aliphatic rings. The highest BCUT2D eigenvalue weighted by Crippen LogP contribution is 2.36. The number of nitrogens with one attached hydrogen (secondary N) is 5. The largest absolute Gasteiger partial charge is 0.381 e. The average Bonchev–Trinajstić information content (AvgIpc) is 3.17. The van der Waals surface area contributed by atoms with Crippen LogP contribution in [-0.2, 0) is 0 Å². The van der Waals surface area contributed by atoms with E-state index in [4.69, 9.17) is 28.6 Å². The number of rotatable bonds is 6. The van der Waals surface area contributed by atoms with Crippen molar-refractivity contribution in [1.29, 1.82) is 5.41 Å². The lowest BCUT2D eigenvalue weighted by Crippen LogP contribution is -2.57. The van der Waals surface area contributed by atoms with Gasteiger partial charge in [-0.05, 0) is 30.4 Å². The Morgan fingerprint density at radius 2 is 2.18 bits per heavy atom. The quantitative estimate of drug-likeness (QED) is 0.316. The van der Waals surface area contributed by atoms with E-state index < -0.39 is 0 Å². The Labute approximate surface area is 204 Å². The Morgan fingerprint density at radius 3 is 2.97 bits per heavy atom. The van der Waals surface area contributed by atoms with E-state index in [2.05, 4.69) is 67.6 Å². The summed E-state index contributed by atoms with van der Waals surface area (Å²) in [5, 5.41) is 22.2. The Hall–Kier alpha value is -2.71. The first-order chi connectivity index (χ1) is 16.1. The van der Waals surface area contributed by atoms with Gasteiger partial charge in [-0.2, -0.15) is 0 Å². The molecule has 0 saturated carbocycles. The Kier molecular flexibility index (Phi) is 6.46. The molecule has 33 heavy (non-hydrogen) atoms. The fraction of sp³-hybridized carbons (Fsp3) is 0.292. The molecule has 4 aliphatic heterocycles. The molecular formula is C24H27Cl2N7. The molecule has 4 heterocycles. The zero-order valence-corrected chi connectivity index (χ0v) is 19.6. The number of piperazine rings is 1. The summed E-state index contributed by atoms with van der Waals surface area (Å²) in [6, 6.07) is 5.64. The van der Waals surface area contributed by atoms with Gasteiger partial charge in [0.05, 0.1) is 28.9 Å². The minimum Gasteiger partial charge on any atom is -0.381 e. The number of dihydropyridines is 1. The van der Waals surface area contributed by atoms with Crippen molar-refractivity contribution in [2.45, 2.75) is 12.3 Å². The van der Waals surface area contributed by atoms with E-state index in [1.165, 1.54) is 6.34 Å². The van der Waals surface area contributed by atoms with Crippen molar-refractivity contribution >= 4 is 35.2 Å². The number of benzene rings is 1. The van der Waals surface area contributed by atoms with E-state index in [0.717, 1.165) is 61.0 Å². The van der Waals surface area contributed by atoms with E-state index in [1.54, 1.807) is 6.07 Å². The van der Waals surface area contributed by atoms with Crippen molar-refractivity contribution in [1.82, 2.24) is 31.1 Å². The van der Waals surface area contributed by atoms with Crippen LogP contribution in [0.2, 0.25) is 10.0 Å². The van der Waals surface area contributed by atoms with Gasteiger partial charge >= 0.3 is 0 Å². The van der Waals surface area contributed by atoms with Crippen molar-refractivity contribution in [3.8, 4) is 0 Å². The summed E-state index contributed by atoms with van der Waals surface area (Å²) in [5.41, 5.74) is 5.37. The molecule has 0 bridgehead atoms. The third-order valence-electron chi connectivity index (χ3n) is 6.17. The molecule has 1 fully saturated rings. The number of hydrogen-bond acceptors (Lipinski definition) is 6. The lowest BCUT2D eigenvalue weighted by atomic mass is 10.1. The van der Waals surface area contributed by atoms with E-state index in [1.807, 2.05) is 12.1 Å². The van der Waals surface area contributed by atoms with Gasteiger partial charge in [0.15, 0.2) is 0 Å². The second-order valence-corrected chi connectivity index (χ2v) is 9.17. The Balaban J connectivity index is 1.50. The van der Waals surface area contributed by atoms with E-state index in [0.29, 0.717) is 10.0 Å². The zero-order valence-electron chi connectivity index (χ0n) is 18.1. The SMILES string of the molecule is N=CNC1CN(CC2=C(c3ccc(Cl)cc3Cl)NC3C=CC(C4=CC=CCN4)=CN23)CCN1. The highest BCUT2D eigenvalue weighted by atomic mass is 35.5. The standard InChI is InChI=1S/C24H27Cl2N7/c25-17-5-6-18(19(26)11-17)24-21(13-32-10-9-29-22(14-32)30-15-27)33-12-16(4-7-23(33)31-24)20-3-1-2-8-28-20/h1-7,11-12,15,22-23,28-29,31H,8-10,13-14H2,(H2,27,30). The number of fused-ring (bicyclic) bond motifs is 1. The van der Waals surface area contributed by atoms with Gasteiger partial charge in [-0.15, -0.1) is 0 Å². The number of allylic oxidation sites excluding steroid dienone is 3. The van der Waals surface area contributed by atoms with E-state index in [9.17, 15) is 0 Å². The Bertz CT molecular complexity index is 1090. The molecule has 0 spiro atoms. The Morgan fingerprint density at radius 1 is 1.27 bits per heavy atom. The van der Waals surface area contributed by atoms with Gasteiger partial charge < -0.3 is 20.9 Å². The molecule has 1 saturated heterocycles. The van der Waals surface area contributed by atoms with Crippen LogP contribution in [-0.4, -0.2) is 61.2 Å². The van der Waals surface area contributed by atoms with Gasteiger partial charge in [0.2, 0.25) is 0 Å². The predicted molar refractivity (Wildman–Crippen MR) is 135 cm³/mol. The number of hydrogen-bond donors (Lipinski definition) is 5. The second-order valence-electron chi connectivity index (χ2n) is 8.33. The highest BCUT2D eigenvalue weighted by Gasteiger charge is 2.34. The summed E-state index contributed by atoms with van der Waals surface area (Å²) in [5.74, 6) is 0. The molecule has 1 aromatic carbocycles. The minimum absolute atomic E-state index is 0.0173. The van der Waals surface area contributed by atoms with Crippen molar-refractivity contribution in [2.24, 2.45) is 0 Å². The molecule has 0 radical (unpaired) electrons.